The number of hydrogen-bond acceptors (Lipinski definition) is 4. The van der Waals surface area contributed by atoms with Gasteiger partial charge in [-0.1, -0.05) is 53.7 Å². The molecule has 0 radical (unpaired) electrons. The van der Waals surface area contributed by atoms with Crippen molar-refractivity contribution in [3.63, 3.8) is 0 Å². The Morgan fingerprint density at radius 3 is 1.77 bits per heavy atom. The lowest BCUT2D eigenvalue weighted by Crippen LogP contribution is -2.41. The van der Waals surface area contributed by atoms with Crippen LogP contribution in [-0.2, 0) is 14.0 Å². The van der Waals surface area contributed by atoms with Crippen LogP contribution in [0.4, 0.5) is 0 Å². The number of rotatable bonds is 8. The maximum absolute atomic E-state index is 13.1. The lowest BCUT2D eigenvalue weighted by molar-refractivity contribution is 0.00578. The second-order valence-electron chi connectivity index (χ2n) is 10.5. The fourth-order valence-corrected chi connectivity index (χ4v) is 3.76. The molecule has 1 aliphatic heterocycles. The Labute approximate surface area is 184 Å². The zero-order valence-electron chi connectivity index (χ0n) is 20.7. The Kier molecular flexibility index (Phi) is 7.85. The van der Waals surface area contributed by atoms with Gasteiger partial charge in [0.2, 0.25) is 0 Å². The molecular formula is C25H41BO4. The van der Waals surface area contributed by atoms with Crippen LogP contribution < -0.4 is 0 Å². The van der Waals surface area contributed by atoms with Crippen LogP contribution in [0.25, 0.3) is 0 Å². The first kappa shape index (κ1) is 24.9. The standard InChI is InChI=1S/C25H41BO4/c1-16(2)19-14-20(17(3)4)22(21(15-19)18(5)6)23(27)28-13-11-12-26-29-24(7,8)25(9,10)30-26/h14-18H,11-13H2,1-10H3. The number of benzene rings is 1. The third kappa shape index (κ3) is 5.47. The van der Waals surface area contributed by atoms with Gasteiger partial charge in [-0.05, 0) is 74.9 Å². The van der Waals surface area contributed by atoms with Crippen LogP contribution in [0.1, 0.15) is 120 Å². The lowest BCUT2D eigenvalue weighted by atomic mass is 9.83. The fraction of sp³-hybridized carbons (Fsp3) is 0.720. The normalized spacial score (nSPS) is 18.0. The summed E-state index contributed by atoms with van der Waals surface area (Å²) >= 11 is 0. The van der Waals surface area contributed by atoms with Gasteiger partial charge in [-0.25, -0.2) is 4.79 Å². The molecule has 2 rings (SSSR count). The highest BCUT2D eigenvalue weighted by atomic mass is 16.7. The maximum atomic E-state index is 13.1. The van der Waals surface area contributed by atoms with Crippen molar-refractivity contribution in [2.24, 2.45) is 0 Å². The van der Waals surface area contributed by atoms with E-state index >= 15 is 0 Å². The second kappa shape index (κ2) is 9.44. The molecule has 0 amide bonds. The SMILES string of the molecule is CC(C)c1cc(C(C)C)c(C(=O)OCCCB2OC(C)(C)C(C)(C)O2)c(C(C)C)c1. The van der Waals surface area contributed by atoms with Crippen molar-refractivity contribution in [3.05, 3.63) is 34.4 Å². The molecule has 1 saturated heterocycles. The molecule has 1 aromatic rings. The van der Waals surface area contributed by atoms with E-state index in [2.05, 4.69) is 81.4 Å². The van der Waals surface area contributed by atoms with Gasteiger partial charge in [0.25, 0.3) is 0 Å². The van der Waals surface area contributed by atoms with E-state index in [-0.39, 0.29) is 36.1 Å². The van der Waals surface area contributed by atoms with Crippen LogP contribution in [0.15, 0.2) is 12.1 Å². The predicted octanol–water partition coefficient (Wildman–Crippen LogP) is 6.70. The minimum absolute atomic E-state index is 0.216. The van der Waals surface area contributed by atoms with E-state index < -0.39 is 0 Å². The smallest absolute Gasteiger partial charge is 0.457 e. The van der Waals surface area contributed by atoms with E-state index in [9.17, 15) is 4.79 Å². The first-order valence-corrected chi connectivity index (χ1v) is 11.5. The summed E-state index contributed by atoms with van der Waals surface area (Å²) < 4.78 is 17.8. The summed E-state index contributed by atoms with van der Waals surface area (Å²) in [6.45, 7) is 21.5. The Hall–Kier alpha value is -1.33. The number of carbonyl (C=O) groups is 1. The molecule has 0 atom stereocenters. The van der Waals surface area contributed by atoms with Crippen molar-refractivity contribution in [2.75, 3.05) is 6.61 Å². The fourth-order valence-electron chi connectivity index (χ4n) is 3.76. The van der Waals surface area contributed by atoms with Crippen LogP contribution >= 0.6 is 0 Å². The molecule has 0 bridgehead atoms. The quantitative estimate of drug-likeness (QED) is 0.269. The van der Waals surface area contributed by atoms with E-state index in [1.165, 1.54) is 5.56 Å². The Balaban J connectivity index is 2.08. The summed E-state index contributed by atoms with van der Waals surface area (Å²) in [4.78, 5) is 13.1. The Bertz CT molecular complexity index is 705. The molecule has 0 aliphatic carbocycles. The molecule has 1 aromatic carbocycles. The zero-order valence-corrected chi connectivity index (χ0v) is 20.7. The highest BCUT2D eigenvalue weighted by molar-refractivity contribution is 6.45. The van der Waals surface area contributed by atoms with Crippen molar-refractivity contribution < 1.29 is 18.8 Å². The van der Waals surface area contributed by atoms with Gasteiger partial charge in [-0.15, -0.1) is 0 Å². The molecular weight excluding hydrogens is 375 g/mol. The first-order chi connectivity index (χ1) is 13.8. The van der Waals surface area contributed by atoms with E-state index in [0.717, 1.165) is 16.7 Å². The van der Waals surface area contributed by atoms with E-state index in [1.807, 2.05) is 0 Å². The van der Waals surface area contributed by atoms with Gasteiger partial charge in [0.05, 0.1) is 23.4 Å². The third-order valence-corrected chi connectivity index (χ3v) is 6.46. The molecule has 30 heavy (non-hydrogen) atoms. The van der Waals surface area contributed by atoms with Crippen molar-refractivity contribution in [1.82, 2.24) is 0 Å². The van der Waals surface area contributed by atoms with Gasteiger partial charge in [-0.3, -0.25) is 0 Å². The van der Waals surface area contributed by atoms with Crippen LogP contribution in [0.3, 0.4) is 0 Å². The third-order valence-electron chi connectivity index (χ3n) is 6.46. The van der Waals surface area contributed by atoms with Crippen LogP contribution in [0.5, 0.6) is 0 Å². The molecule has 5 heteroatoms. The maximum Gasteiger partial charge on any atom is 0.457 e. The van der Waals surface area contributed by atoms with Gasteiger partial charge in [0, 0.05) is 0 Å². The van der Waals surface area contributed by atoms with Crippen LogP contribution in [-0.4, -0.2) is 30.9 Å². The summed E-state index contributed by atoms with van der Waals surface area (Å²) in [5.74, 6) is 0.721. The molecule has 0 saturated carbocycles. The molecule has 1 fully saturated rings. The zero-order chi connectivity index (χ0) is 22.9. The minimum Gasteiger partial charge on any atom is -0.462 e. The molecule has 1 heterocycles. The molecule has 0 aromatic heterocycles. The van der Waals surface area contributed by atoms with Gasteiger partial charge in [0.1, 0.15) is 0 Å². The van der Waals surface area contributed by atoms with Gasteiger partial charge >= 0.3 is 13.1 Å². The van der Waals surface area contributed by atoms with Crippen LogP contribution in [0.2, 0.25) is 6.32 Å². The molecule has 1 aliphatic rings. The van der Waals surface area contributed by atoms with Crippen LogP contribution in [0, 0.1) is 0 Å². The van der Waals surface area contributed by atoms with Gasteiger partial charge < -0.3 is 14.0 Å². The first-order valence-electron chi connectivity index (χ1n) is 11.5. The summed E-state index contributed by atoms with van der Waals surface area (Å²) in [5.41, 5.74) is 3.54. The predicted molar refractivity (Wildman–Crippen MR) is 124 cm³/mol. The van der Waals surface area contributed by atoms with E-state index in [1.54, 1.807) is 0 Å². The summed E-state index contributed by atoms with van der Waals surface area (Å²) in [6.07, 6.45) is 1.42. The van der Waals surface area contributed by atoms with Gasteiger partial charge in [-0.2, -0.15) is 0 Å². The monoisotopic (exact) mass is 416 g/mol. The Morgan fingerprint density at radius 2 is 1.37 bits per heavy atom. The van der Waals surface area contributed by atoms with Crippen molar-refractivity contribution in [3.8, 4) is 0 Å². The molecule has 168 valence electrons. The summed E-state index contributed by atoms with van der Waals surface area (Å²) in [6, 6.07) is 4.37. The highest BCUT2D eigenvalue weighted by Crippen LogP contribution is 2.38. The Morgan fingerprint density at radius 1 is 0.900 bits per heavy atom. The van der Waals surface area contributed by atoms with E-state index in [0.29, 0.717) is 25.3 Å². The number of ether oxygens (including phenoxy) is 1. The topological polar surface area (TPSA) is 44.8 Å². The van der Waals surface area contributed by atoms with E-state index in [4.69, 9.17) is 14.0 Å². The van der Waals surface area contributed by atoms with Crippen molar-refractivity contribution in [2.45, 2.75) is 111 Å². The van der Waals surface area contributed by atoms with Crippen molar-refractivity contribution >= 4 is 13.1 Å². The second-order valence-corrected chi connectivity index (χ2v) is 10.5. The summed E-state index contributed by atoms with van der Waals surface area (Å²) in [7, 11) is -0.253. The number of esters is 1. The molecule has 0 spiro atoms. The minimum atomic E-state index is -0.329. The van der Waals surface area contributed by atoms with Gasteiger partial charge in [0.15, 0.2) is 0 Å². The largest absolute Gasteiger partial charge is 0.462 e. The molecule has 0 N–H and O–H groups in total. The average Bonchev–Trinajstić information content (AvgIpc) is 2.83. The number of carbonyl (C=O) groups excluding carboxylic acids is 1. The average molecular weight is 416 g/mol. The number of hydrogen-bond donors (Lipinski definition) is 0. The highest BCUT2D eigenvalue weighted by Gasteiger charge is 2.50. The molecule has 0 unspecified atom stereocenters. The lowest BCUT2D eigenvalue weighted by Gasteiger charge is -2.32. The molecule has 4 nitrogen and oxygen atoms in total. The summed E-state index contributed by atoms with van der Waals surface area (Å²) in [5, 5.41) is 0. The van der Waals surface area contributed by atoms with Crippen molar-refractivity contribution in [1.29, 1.82) is 0 Å².